The molecule has 1 N–H and O–H groups in total. The van der Waals surface area contributed by atoms with Gasteiger partial charge in [-0.05, 0) is 31.0 Å². The van der Waals surface area contributed by atoms with E-state index in [1.807, 2.05) is 43.0 Å². The molecule has 1 aliphatic rings. The lowest BCUT2D eigenvalue weighted by Crippen LogP contribution is -2.46. The van der Waals surface area contributed by atoms with Gasteiger partial charge in [-0.15, -0.1) is 0 Å². The monoisotopic (exact) mass is 351 g/mol. The summed E-state index contributed by atoms with van der Waals surface area (Å²) in [5.41, 5.74) is 1.02. The summed E-state index contributed by atoms with van der Waals surface area (Å²) in [6, 6.07) is 7.26. The van der Waals surface area contributed by atoms with Gasteiger partial charge in [0.05, 0.1) is 6.04 Å². The third kappa shape index (κ3) is 5.21. The highest BCUT2D eigenvalue weighted by molar-refractivity contribution is 6.30. The van der Waals surface area contributed by atoms with Gasteiger partial charge in [-0.25, -0.2) is 0 Å². The molecule has 0 saturated carbocycles. The predicted octanol–water partition coefficient (Wildman–Crippen LogP) is 2.29. The number of halogens is 1. The van der Waals surface area contributed by atoms with Crippen molar-refractivity contribution in [1.82, 2.24) is 15.1 Å². The quantitative estimate of drug-likeness (QED) is 0.885. The Morgan fingerprint density at radius 3 is 2.54 bits per heavy atom. The number of amides is 2. The first-order valence-electron chi connectivity index (χ1n) is 8.55. The van der Waals surface area contributed by atoms with E-state index in [4.69, 9.17) is 11.6 Å². The van der Waals surface area contributed by atoms with Crippen molar-refractivity contribution in [2.45, 2.75) is 39.3 Å². The van der Waals surface area contributed by atoms with E-state index < -0.39 is 0 Å². The number of nitrogens with zero attached hydrogens (tertiary/aromatic N) is 2. The van der Waals surface area contributed by atoms with Gasteiger partial charge in [0.25, 0.3) is 0 Å². The Morgan fingerprint density at radius 1 is 1.17 bits per heavy atom. The van der Waals surface area contributed by atoms with Crippen molar-refractivity contribution < 1.29 is 9.59 Å². The Hall–Kier alpha value is -1.59. The first-order valence-corrected chi connectivity index (χ1v) is 8.93. The van der Waals surface area contributed by atoms with E-state index in [0.717, 1.165) is 31.6 Å². The first kappa shape index (κ1) is 18.7. The summed E-state index contributed by atoms with van der Waals surface area (Å²) in [7, 11) is 0. The van der Waals surface area contributed by atoms with Crippen LogP contribution in [0.15, 0.2) is 24.3 Å². The summed E-state index contributed by atoms with van der Waals surface area (Å²) in [6.07, 6.45) is 1.44. The molecule has 0 bridgehead atoms. The second-order valence-corrected chi connectivity index (χ2v) is 6.58. The van der Waals surface area contributed by atoms with Crippen LogP contribution in [0, 0.1) is 0 Å². The maximum absolute atomic E-state index is 12.4. The van der Waals surface area contributed by atoms with Crippen LogP contribution in [-0.4, -0.2) is 53.8 Å². The normalized spacial score (nSPS) is 17.2. The third-order valence-corrected chi connectivity index (χ3v) is 4.74. The molecule has 1 fully saturated rings. The van der Waals surface area contributed by atoms with Crippen LogP contribution in [0.4, 0.5) is 0 Å². The molecule has 1 heterocycles. The first-order chi connectivity index (χ1) is 11.5. The Balaban J connectivity index is 1.83. The second kappa shape index (κ2) is 9.04. The smallest absolute Gasteiger partial charge is 0.237 e. The number of carbonyl (C=O) groups is 2. The highest BCUT2D eigenvalue weighted by Crippen LogP contribution is 2.11. The molecule has 24 heavy (non-hydrogen) atoms. The molecule has 1 aromatic carbocycles. The number of hydrogen-bond acceptors (Lipinski definition) is 3. The fourth-order valence-corrected chi connectivity index (χ4v) is 3.03. The Morgan fingerprint density at radius 2 is 1.88 bits per heavy atom. The minimum absolute atomic E-state index is 0.0141. The van der Waals surface area contributed by atoms with Crippen molar-refractivity contribution >= 4 is 23.4 Å². The lowest BCUT2D eigenvalue weighted by Gasteiger charge is -2.27. The average Bonchev–Trinajstić information content (AvgIpc) is 2.85. The SMILES string of the molecule is CCC(=O)N1CCCN(C(C)C(=O)NCc2ccc(Cl)cc2)CC1. The van der Waals surface area contributed by atoms with Crippen molar-refractivity contribution in [3.05, 3.63) is 34.9 Å². The summed E-state index contributed by atoms with van der Waals surface area (Å²) in [5, 5.41) is 3.67. The van der Waals surface area contributed by atoms with Gasteiger partial charge >= 0.3 is 0 Å². The number of hydrogen-bond donors (Lipinski definition) is 1. The van der Waals surface area contributed by atoms with Crippen molar-refractivity contribution in [3.8, 4) is 0 Å². The zero-order chi connectivity index (χ0) is 17.5. The van der Waals surface area contributed by atoms with Crippen molar-refractivity contribution in [3.63, 3.8) is 0 Å². The van der Waals surface area contributed by atoms with E-state index in [0.29, 0.717) is 24.5 Å². The molecule has 2 rings (SSSR count). The topological polar surface area (TPSA) is 52.7 Å². The molecule has 0 aromatic heterocycles. The highest BCUT2D eigenvalue weighted by Gasteiger charge is 2.24. The third-order valence-electron chi connectivity index (χ3n) is 4.49. The van der Waals surface area contributed by atoms with Gasteiger partial charge in [0.1, 0.15) is 0 Å². The van der Waals surface area contributed by atoms with Crippen molar-refractivity contribution in [1.29, 1.82) is 0 Å². The molecule has 1 atom stereocenters. The summed E-state index contributed by atoms with van der Waals surface area (Å²) in [6.45, 7) is 7.36. The number of nitrogens with one attached hydrogen (secondary N) is 1. The van der Waals surface area contributed by atoms with Gasteiger partial charge in [-0.2, -0.15) is 0 Å². The zero-order valence-electron chi connectivity index (χ0n) is 14.4. The van der Waals surface area contributed by atoms with E-state index in [1.165, 1.54) is 0 Å². The van der Waals surface area contributed by atoms with Crippen LogP contribution in [0.2, 0.25) is 5.02 Å². The summed E-state index contributed by atoms with van der Waals surface area (Å²) < 4.78 is 0. The fourth-order valence-electron chi connectivity index (χ4n) is 2.90. The molecule has 6 heteroatoms. The summed E-state index contributed by atoms with van der Waals surface area (Å²) >= 11 is 5.86. The van der Waals surface area contributed by atoms with Crippen LogP contribution in [0.3, 0.4) is 0 Å². The van der Waals surface area contributed by atoms with E-state index in [1.54, 1.807) is 0 Å². The average molecular weight is 352 g/mol. The van der Waals surface area contributed by atoms with Gasteiger partial charge in [-0.3, -0.25) is 14.5 Å². The Labute approximate surface area is 149 Å². The molecule has 0 aliphatic carbocycles. The van der Waals surface area contributed by atoms with E-state index >= 15 is 0 Å². The Bertz CT molecular complexity index is 562. The molecule has 0 spiro atoms. The zero-order valence-corrected chi connectivity index (χ0v) is 15.2. The lowest BCUT2D eigenvalue weighted by atomic mass is 10.2. The minimum Gasteiger partial charge on any atom is -0.351 e. The summed E-state index contributed by atoms with van der Waals surface area (Å²) in [4.78, 5) is 28.3. The van der Waals surface area contributed by atoms with Crippen LogP contribution in [0.1, 0.15) is 32.3 Å². The van der Waals surface area contributed by atoms with Gasteiger partial charge in [0.15, 0.2) is 0 Å². The van der Waals surface area contributed by atoms with Crippen LogP contribution >= 0.6 is 11.6 Å². The molecule has 1 aliphatic heterocycles. The molecule has 5 nitrogen and oxygen atoms in total. The van der Waals surface area contributed by atoms with E-state index in [9.17, 15) is 9.59 Å². The number of benzene rings is 1. The second-order valence-electron chi connectivity index (χ2n) is 6.14. The Kier molecular flexibility index (Phi) is 7.06. The molecule has 2 amide bonds. The summed E-state index contributed by atoms with van der Waals surface area (Å²) in [5.74, 6) is 0.205. The van der Waals surface area contributed by atoms with Gasteiger partial charge < -0.3 is 10.2 Å². The molecule has 132 valence electrons. The van der Waals surface area contributed by atoms with Gasteiger partial charge in [0.2, 0.25) is 11.8 Å². The molecule has 0 radical (unpaired) electrons. The van der Waals surface area contributed by atoms with Crippen LogP contribution in [0.5, 0.6) is 0 Å². The number of carbonyl (C=O) groups excluding carboxylic acids is 2. The molecule has 1 aromatic rings. The maximum atomic E-state index is 12.4. The molecular weight excluding hydrogens is 326 g/mol. The molecular formula is C18H26ClN3O2. The van der Waals surface area contributed by atoms with E-state index in [-0.39, 0.29) is 17.9 Å². The van der Waals surface area contributed by atoms with Gasteiger partial charge in [-0.1, -0.05) is 30.7 Å². The van der Waals surface area contributed by atoms with Gasteiger partial charge in [0, 0.05) is 44.2 Å². The fraction of sp³-hybridized carbons (Fsp3) is 0.556. The van der Waals surface area contributed by atoms with E-state index in [2.05, 4.69) is 10.2 Å². The van der Waals surface area contributed by atoms with Crippen LogP contribution in [0.25, 0.3) is 0 Å². The largest absolute Gasteiger partial charge is 0.351 e. The minimum atomic E-state index is -0.200. The van der Waals surface area contributed by atoms with Crippen LogP contribution < -0.4 is 5.32 Å². The predicted molar refractivity (Wildman–Crippen MR) is 95.8 cm³/mol. The highest BCUT2D eigenvalue weighted by atomic mass is 35.5. The maximum Gasteiger partial charge on any atom is 0.237 e. The van der Waals surface area contributed by atoms with Crippen molar-refractivity contribution in [2.24, 2.45) is 0 Å². The lowest BCUT2D eigenvalue weighted by molar-refractivity contribution is -0.130. The molecule has 1 saturated heterocycles. The molecule has 1 unspecified atom stereocenters. The van der Waals surface area contributed by atoms with Crippen molar-refractivity contribution in [2.75, 3.05) is 26.2 Å². The van der Waals surface area contributed by atoms with Crippen LogP contribution in [-0.2, 0) is 16.1 Å². The standard InChI is InChI=1S/C18H26ClN3O2/c1-3-17(23)22-10-4-9-21(11-12-22)14(2)18(24)20-13-15-5-7-16(19)8-6-15/h5-8,14H,3-4,9-13H2,1-2H3,(H,20,24). The number of rotatable bonds is 5.